The number of hydrogen-bond acceptors (Lipinski definition) is 2. The third-order valence-corrected chi connectivity index (χ3v) is 7.70. The van der Waals surface area contributed by atoms with Gasteiger partial charge in [-0.2, -0.15) is 0 Å². The molecular weight excluding hydrogens is 754 g/mol. The van der Waals surface area contributed by atoms with Gasteiger partial charge in [0.25, 0.3) is 0 Å². The largest absolute Gasteiger partial charge is 0.455 e. The van der Waals surface area contributed by atoms with Crippen molar-refractivity contribution in [2.45, 2.75) is 33.2 Å². The van der Waals surface area contributed by atoms with Gasteiger partial charge in [0.2, 0.25) is 0 Å². The van der Waals surface area contributed by atoms with E-state index >= 15 is 0 Å². The highest BCUT2D eigenvalue weighted by molar-refractivity contribution is 14.1. The molecule has 0 spiro atoms. The molecule has 130 valence electrons. The molecule has 0 aliphatic carbocycles. The lowest BCUT2D eigenvalue weighted by Crippen LogP contribution is -2.28. The zero-order chi connectivity index (χ0) is 18.0. The first-order chi connectivity index (χ1) is 11.2. The first-order valence-electron chi connectivity index (χ1n) is 7.56. The van der Waals surface area contributed by atoms with E-state index in [1.807, 2.05) is 0 Å². The molecule has 2 nitrogen and oxygen atoms in total. The van der Waals surface area contributed by atoms with Crippen molar-refractivity contribution in [1.29, 1.82) is 0 Å². The summed E-state index contributed by atoms with van der Waals surface area (Å²) < 4.78 is 10.9. The number of halogens is 4. The molecule has 0 radical (unpaired) electrons. The predicted octanol–water partition coefficient (Wildman–Crippen LogP) is 6.73. The van der Waals surface area contributed by atoms with Crippen molar-refractivity contribution >= 4 is 90.4 Å². The minimum absolute atomic E-state index is 0.184. The zero-order valence-corrected chi connectivity index (χ0v) is 22.3. The van der Waals surface area contributed by atoms with E-state index in [1.165, 1.54) is 18.3 Å². The summed E-state index contributed by atoms with van der Waals surface area (Å²) >= 11 is 9.42. The number of ether oxygens (including phenoxy) is 1. The Bertz CT molecular complexity index is 700. The number of nitrogens with two attached hydrogens (primary N) is 1. The maximum Gasteiger partial charge on any atom is 0.154 e. The van der Waals surface area contributed by atoms with Crippen molar-refractivity contribution in [3.05, 3.63) is 49.7 Å². The molecule has 1 atom stereocenters. The minimum Gasteiger partial charge on any atom is -0.455 e. The highest BCUT2D eigenvalue weighted by Gasteiger charge is 2.14. The second-order valence-electron chi connectivity index (χ2n) is 6.11. The van der Waals surface area contributed by atoms with E-state index in [0.717, 1.165) is 25.1 Å². The molecule has 0 aliphatic heterocycles. The topological polar surface area (TPSA) is 35.2 Å². The molecule has 0 bridgehead atoms. The first kappa shape index (κ1) is 21.4. The van der Waals surface area contributed by atoms with Crippen LogP contribution in [-0.2, 0) is 6.42 Å². The van der Waals surface area contributed by atoms with Gasteiger partial charge in [-0.05, 0) is 145 Å². The van der Waals surface area contributed by atoms with Gasteiger partial charge in [-0.1, -0.05) is 13.8 Å². The fourth-order valence-electron chi connectivity index (χ4n) is 2.13. The van der Waals surface area contributed by atoms with Crippen molar-refractivity contribution in [2.75, 3.05) is 0 Å². The van der Waals surface area contributed by atoms with E-state index in [0.29, 0.717) is 5.92 Å². The Kier molecular flexibility index (Phi) is 8.35. The van der Waals surface area contributed by atoms with E-state index < -0.39 is 0 Å². The van der Waals surface area contributed by atoms with Gasteiger partial charge in [-0.25, -0.2) is 0 Å². The fraction of sp³-hybridized carbons (Fsp3) is 0.333. The molecule has 6 heteroatoms. The van der Waals surface area contributed by atoms with Crippen LogP contribution in [0, 0.1) is 27.1 Å². The average Bonchev–Trinajstić information content (AvgIpc) is 2.48. The summed E-state index contributed by atoms with van der Waals surface area (Å²) in [5.74, 6) is 2.29. The lowest BCUT2D eigenvalue weighted by atomic mass is 9.97. The van der Waals surface area contributed by atoms with E-state index in [4.69, 9.17) is 10.5 Å². The van der Waals surface area contributed by atoms with Crippen molar-refractivity contribution in [2.24, 2.45) is 11.7 Å². The summed E-state index contributed by atoms with van der Waals surface area (Å²) in [7, 11) is 0. The van der Waals surface area contributed by atoms with Crippen molar-refractivity contribution in [1.82, 2.24) is 0 Å². The number of rotatable bonds is 5. The Morgan fingerprint density at radius 3 is 1.88 bits per heavy atom. The molecular formula is C18H19I4NO. The van der Waals surface area contributed by atoms with Crippen LogP contribution in [0.4, 0.5) is 0 Å². The predicted molar refractivity (Wildman–Crippen MR) is 135 cm³/mol. The van der Waals surface area contributed by atoms with Gasteiger partial charge in [-0.15, -0.1) is 0 Å². The SMILES string of the molecule is Cc1c(I)cc(Oc2c(I)cc(CC(N)C(C)C)cc2I)cc1I. The van der Waals surface area contributed by atoms with Crippen LogP contribution in [0.5, 0.6) is 11.5 Å². The second kappa shape index (κ2) is 9.36. The normalized spacial score (nSPS) is 12.5. The van der Waals surface area contributed by atoms with Gasteiger partial charge in [0, 0.05) is 13.2 Å². The van der Waals surface area contributed by atoms with E-state index in [1.54, 1.807) is 0 Å². The van der Waals surface area contributed by atoms with Crippen LogP contribution < -0.4 is 10.5 Å². The fourth-order valence-corrected chi connectivity index (χ4v) is 5.96. The van der Waals surface area contributed by atoms with Crippen molar-refractivity contribution in [3.63, 3.8) is 0 Å². The van der Waals surface area contributed by atoms with Gasteiger partial charge in [0.05, 0.1) is 7.14 Å². The van der Waals surface area contributed by atoms with Crippen LogP contribution in [0.2, 0.25) is 0 Å². The Hall–Kier alpha value is 1.12. The van der Waals surface area contributed by atoms with E-state index in [9.17, 15) is 0 Å². The summed E-state index contributed by atoms with van der Waals surface area (Å²) in [6, 6.07) is 8.73. The maximum atomic E-state index is 6.22. The molecule has 0 aromatic heterocycles. The Balaban J connectivity index is 2.29. The highest BCUT2D eigenvalue weighted by Crippen LogP contribution is 2.35. The zero-order valence-electron chi connectivity index (χ0n) is 13.7. The standard InChI is InChI=1S/C18H19I4NO/c1-9(2)17(23)6-11-4-15(21)18(16(22)5-11)24-12-7-13(19)10(3)14(20)8-12/h4-5,7-9,17H,6,23H2,1-3H3. The summed E-state index contributed by atoms with van der Waals surface area (Å²) in [6.45, 7) is 6.46. The smallest absolute Gasteiger partial charge is 0.154 e. The third-order valence-electron chi connectivity index (χ3n) is 3.86. The molecule has 0 amide bonds. The van der Waals surface area contributed by atoms with Gasteiger partial charge in [0.15, 0.2) is 5.75 Å². The molecule has 0 saturated heterocycles. The van der Waals surface area contributed by atoms with Crippen LogP contribution in [0.1, 0.15) is 25.0 Å². The highest BCUT2D eigenvalue weighted by atomic mass is 127. The lowest BCUT2D eigenvalue weighted by molar-refractivity contribution is 0.472. The monoisotopic (exact) mass is 773 g/mol. The molecule has 2 aromatic rings. The second-order valence-corrected chi connectivity index (χ2v) is 10.8. The summed E-state index contributed by atoms with van der Waals surface area (Å²) in [4.78, 5) is 0. The van der Waals surface area contributed by atoms with Crippen LogP contribution in [0.25, 0.3) is 0 Å². The molecule has 2 aromatic carbocycles. The van der Waals surface area contributed by atoms with E-state index in [2.05, 4.69) is 135 Å². The number of hydrogen-bond donors (Lipinski definition) is 1. The summed E-state index contributed by atoms with van der Waals surface area (Å²) in [5.41, 5.74) is 8.79. The molecule has 24 heavy (non-hydrogen) atoms. The molecule has 0 heterocycles. The molecule has 2 rings (SSSR count). The van der Waals surface area contributed by atoms with Crippen LogP contribution in [0.15, 0.2) is 24.3 Å². The first-order valence-corrected chi connectivity index (χ1v) is 11.9. The Labute approximate surface area is 198 Å². The van der Waals surface area contributed by atoms with Crippen molar-refractivity contribution in [3.8, 4) is 11.5 Å². The lowest BCUT2D eigenvalue weighted by Gasteiger charge is -2.17. The molecule has 0 aliphatic rings. The van der Waals surface area contributed by atoms with Crippen LogP contribution >= 0.6 is 90.4 Å². The van der Waals surface area contributed by atoms with E-state index in [-0.39, 0.29) is 6.04 Å². The van der Waals surface area contributed by atoms with Crippen molar-refractivity contribution < 1.29 is 4.74 Å². The maximum absolute atomic E-state index is 6.22. The molecule has 0 saturated carbocycles. The minimum atomic E-state index is 0.184. The van der Waals surface area contributed by atoms with Gasteiger partial charge in [0.1, 0.15) is 5.75 Å². The Morgan fingerprint density at radius 2 is 1.42 bits per heavy atom. The third kappa shape index (κ3) is 5.56. The van der Waals surface area contributed by atoms with Gasteiger partial charge < -0.3 is 10.5 Å². The quantitative estimate of drug-likeness (QED) is 0.343. The molecule has 2 N–H and O–H groups in total. The Morgan fingerprint density at radius 1 is 0.917 bits per heavy atom. The van der Waals surface area contributed by atoms with Gasteiger partial charge in [-0.3, -0.25) is 0 Å². The van der Waals surface area contributed by atoms with Crippen LogP contribution in [0.3, 0.4) is 0 Å². The molecule has 1 unspecified atom stereocenters. The number of benzene rings is 2. The average molecular weight is 773 g/mol. The van der Waals surface area contributed by atoms with Crippen LogP contribution in [-0.4, -0.2) is 6.04 Å². The summed E-state index contributed by atoms with van der Waals surface area (Å²) in [6.07, 6.45) is 0.893. The molecule has 0 fully saturated rings. The van der Waals surface area contributed by atoms with Gasteiger partial charge >= 0.3 is 0 Å². The summed E-state index contributed by atoms with van der Waals surface area (Å²) in [5, 5.41) is 0.